The summed E-state index contributed by atoms with van der Waals surface area (Å²) < 4.78 is 11.3. The first-order valence-electron chi connectivity index (χ1n) is 8.94. The van der Waals surface area contributed by atoms with Gasteiger partial charge in [-0.3, -0.25) is 14.5 Å². The van der Waals surface area contributed by atoms with Gasteiger partial charge in [-0.05, 0) is 50.2 Å². The van der Waals surface area contributed by atoms with Crippen LogP contribution in [0.15, 0.2) is 24.3 Å². The fourth-order valence-electron chi connectivity index (χ4n) is 3.46. The van der Waals surface area contributed by atoms with E-state index in [4.69, 9.17) is 14.6 Å². The SMILES string of the molecule is O=C(O)CN1CCC(C(=O)c2ccc(OC3CCOCC3)cc2)CC1. The molecule has 1 aromatic rings. The summed E-state index contributed by atoms with van der Waals surface area (Å²) in [5, 5.41) is 8.83. The molecule has 6 nitrogen and oxygen atoms in total. The molecule has 2 fully saturated rings. The minimum atomic E-state index is -0.815. The Labute approximate surface area is 147 Å². The maximum atomic E-state index is 12.6. The van der Waals surface area contributed by atoms with Gasteiger partial charge in [-0.15, -0.1) is 0 Å². The van der Waals surface area contributed by atoms with Crippen molar-refractivity contribution in [2.24, 2.45) is 5.92 Å². The standard InChI is InChI=1S/C19H25NO5/c21-18(22)13-20-9-5-15(6-10-20)19(23)14-1-3-16(4-2-14)25-17-7-11-24-12-8-17/h1-4,15,17H,5-13H2,(H,21,22). The van der Waals surface area contributed by atoms with Crippen molar-refractivity contribution in [3.8, 4) is 5.75 Å². The number of hydrogen-bond acceptors (Lipinski definition) is 5. The number of ketones is 1. The summed E-state index contributed by atoms with van der Waals surface area (Å²) in [6.45, 7) is 2.85. The van der Waals surface area contributed by atoms with Crippen molar-refractivity contribution in [2.45, 2.75) is 31.8 Å². The molecule has 136 valence electrons. The Balaban J connectivity index is 1.51. The molecular formula is C19H25NO5. The summed E-state index contributed by atoms with van der Waals surface area (Å²) in [6, 6.07) is 7.39. The number of rotatable bonds is 6. The van der Waals surface area contributed by atoms with Crippen LogP contribution >= 0.6 is 0 Å². The second kappa shape index (κ2) is 8.45. The number of carbonyl (C=O) groups excluding carboxylic acids is 1. The summed E-state index contributed by atoms with van der Waals surface area (Å²) in [5.41, 5.74) is 0.705. The van der Waals surface area contributed by atoms with E-state index < -0.39 is 5.97 Å². The van der Waals surface area contributed by atoms with Crippen molar-refractivity contribution < 1.29 is 24.2 Å². The lowest BCUT2D eigenvalue weighted by molar-refractivity contribution is -0.138. The summed E-state index contributed by atoms with van der Waals surface area (Å²) in [4.78, 5) is 25.3. The molecule has 2 aliphatic rings. The van der Waals surface area contributed by atoms with Gasteiger partial charge in [0.1, 0.15) is 11.9 Å². The number of hydrogen-bond donors (Lipinski definition) is 1. The molecule has 0 atom stereocenters. The number of ether oxygens (including phenoxy) is 2. The number of carboxylic acids is 1. The molecule has 0 radical (unpaired) electrons. The van der Waals surface area contributed by atoms with Crippen LogP contribution < -0.4 is 4.74 Å². The number of aliphatic carboxylic acids is 1. The molecule has 0 unspecified atom stereocenters. The van der Waals surface area contributed by atoms with Crippen LogP contribution in [0.25, 0.3) is 0 Å². The van der Waals surface area contributed by atoms with Crippen LogP contribution in [0.1, 0.15) is 36.0 Å². The smallest absolute Gasteiger partial charge is 0.317 e. The van der Waals surface area contributed by atoms with Crippen molar-refractivity contribution in [3.05, 3.63) is 29.8 Å². The lowest BCUT2D eigenvalue weighted by Crippen LogP contribution is -2.39. The van der Waals surface area contributed by atoms with Crippen LogP contribution in [-0.2, 0) is 9.53 Å². The van der Waals surface area contributed by atoms with Crippen LogP contribution in [0.3, 0.4) is 0 Å². The van der Waals surface area contributed by atoms with E-state index in [2.05, 4.69) is 0 Å². The molecule has 0 bridgehead atoms. The molecule has 0 amide bonds. The largest absolute Gasteiger partial charge is 0.490 e. The minimum Gasteiger partial charge on any atom is -0.490 e. The molecule has 6 heteroatoms. The van der Waals surface area contributed by atoms with E-state index in [-0.39, 0.29) is 24.3 Å². The molecule has 2 aliphatic heterocycles. The number of carboxylic acid groups (broad SMARTS) is 1. The van der Waals surface area contributed by atoms with Gasteiger partial charge in [0.2, 0.25) is 0 Å². The zero-order chi connectivity index (χ0) is 17.6. The molecule has 2 saturated heterocycles. The highest BCUT2D eigenvalue weighted by Gasteiger charge is 2.26. The summed E-state index contributed by atoms with van der Waals surface area (Å²) in [7, 11) is 0. The van der Waals surface area contributed by atoms with E-state index >= 15 is 0 Å². The van der Waals surface area contributed by atoms with Crippen molar-refractivity contribution in [1.82, 2.24) is 4.90 Å². The van der Waals surface area contributed by atoms with Crippen LogP contribution in [0.2, 0.25) is 0 Å². The van der Waals surface area contributed by atoms with Gasteiger partial charge in [0.15, 0.2) is 5.78 Å². The first kappa shape index (κ1) is 17.9. The average Bonchev–Trinajstić information content (AvgIpc) is 2.63. The first-order chi connectivity index (χ1) is 12.1. The number of benzene rings is 1. The zero-order valence-electron chi connectivity index (χ0n) is 14.4. The Hall–Kier alpha value is -1.92. The van der Waals surface area contributed by atoms with E-state index in [0.29, 0.717) is 31.5 Å². The lowest BCUT2D eigenvalue weighted by Gasteiger charge is -2.30. The third-order valence-electron chi connectivity index (χ3n) is 4.93. The molecule has 0 saturated carbocycles. The highest BCUT2D eigenvalue weighted by Crippen LogP contribution is 2.24. The maximum Gasteiger partial charge on any atom is 0.317 e. The second-order valence-corrected chi connectivity index (χ2v) is 6.76. The Morgan fingerprint density at radius 1 is 1.08 bits per heavy atom. The normalized spacial score (nSPS) is 20.3. The van der Waals surface area contributed by atoms with Gasteiger partial charge >= 0.3 is 5.97 Å². The molecule has 1 aromatic carbocycles. The number of likely N-dealkylation sites (tertiary alicyclic amines) is 1. The molecule has 0 spiro atoms. The van der Waals surface area contributed by atoms with Gasteiger partial charge in [-0.1, -0.05) is 0 Å². The molecule has 0 aliphatic carbocycles. The minimum absolute atomic E-state index is 0.0210. The molecule has 1 N–H and O–H groups in total. The predicted molar refractivity (Wildman–Crippen MR) is 92.0 cm³/mol. The summed E-state index contributed by atoms with van der Waals surface area (Å²) in [5.74, 6) is 0.101. The second-order valence-electron chi connectivity index (χ2n) is 6.76. The number of carbonyl (C=O) groups is 2. The number of Topliss-reactive ketones (excluding diaryl/α,β-unsaturated/α-hetero) is 1. The maximum absolute atomic E-state index is 12.6. The van der Waals surface area contributed by atoms with Crippen LogP contribution in [0.5, 0.6) is 5.75 Å². The molecular weight excluding hydrogens is 322 g/mol. The fraction of sp³-hybridized carbons (Fsp3) is 0.579. The van der Waals surface area contributed by atoms with E-state index in [1.165, 1.54) is 0 Å². The molecule has 3 rings (SSSR count). The monoisotopic (exact) mass is 347 g/mol. The topological polar surface area (TPSA) is 76.1 Å². The Bertz CT molecular complexity index is 586. The van der Waals surface area contributed by atoms with Gasteiger partial charge in [-0.25, -0.2) is 0 Å². The van der Waals surface area contributed by atoms with E-state index in [0.717, 1.165) is 31.8 Å². The zero-order valence-corrected chi connectivity index (χ0v) is 14.4. The lowest BCUT2D eigenvalue weighted by atomic mass is 9.89. The van der Waals surface area contributed by atoms with E-state index in [9.17, 15) is 9.59 Å². The molecule has 0 aromatic heterocycles. The van der Waals surface area contributed by atoms with Gasteiger partial charge in [0, 0.05) is 24.3 Å². The van der Waals surface area contributed by atoms with Crippen LogP contribution in [-0.4, -0.2) is 60.7 Å². The van der Waals surface area contributed by atoms with Crippen molar-refractivity contribution in [1.29, 1.82) is 0 Å². The van der Waals surface area contributed by atoms with Gasteiger partial charge < -0.3 is 14.6 Å². The van der Waals surface area contributed by atoms with Crippen LogP contribution in [0, 0.1) is 5.92 Å². The van der Waals surface area contributed by atoms with Gasteiger partial charge in [0.05, 0.1) is 19.8 Å². The van der Waals surface area contributed by atoms with E-state index in [1.807, 2.05) is 29.2 Å². The highest BCUT2D eigenvalue weighted by atomic mass is 16.5. The summed E-state index contributed by atoms with van der Waals surface area (Å²) in [6.07, 6.45) is 3.42. The first-order valence-corrected chi connectivity index (χ1v) is 8.94. The van der Waals surface area contributed by atoms with Crippen molar-refractivity contribution in [2.75, 3.05) is 32.8 Å². The van der Waals surface area contributed by atoms with Crippen LogP contribution in [0.4, 0.5) is 0 Å². The average molecular weight is 347 g/mol. The third kappa shape index (κ3) is 5.03. The third-order valence-corrected chi connectivity index (χ3v) is 4.93. The Morgan fingerprint density at radius 2 is 1.72 bits per heavy atom. The van der Waals surface area contributed by atoms with Crippen molar-refractivity contribution in [3.63, 3.8) is 0 Å². The van der Waals surface area contributed by atoms with Gasteiger partial charge in [0.25, 0.3) is 0 Å². The van der Waals surface area contributed by atoms with E-state index in [1.54, 1.807) is 0 Å². The summed E-state index contributed by atoms with van der Waals surface area (Å²) >= 11 is 0. The highest BCUT2D eigenvalue weighted by molar-refractivity contribution is 5.98. The van der Waals surface area contributed by atoms with Gasteiger partial charge in [-0.2, -0.15) is 0 Å². The van der Waals surface area contributed by atoms with Crippen molar-refractivity contribution >= 4 is 11.8 Å². The predicted octanol–water partition coefficient (Wildman–Crippen LogP) is 2.22. The fourth-order valence-corrected chi connectivity index (χ4v) is 3.46. The molecule has 2 heterocycles. The quantitative estimate of drug-likeness (QED) is 0.795. The Kier molecular flexibility index (Phi) is 6.04. The Morgan fingerprint density at radius 3 is 2.32 bits per heavy atom. The number of nitrogens with zero attached hydrogens (tertiary/aromatic N) is 1. The number of piperidine rings is 1. The molecule has 25 heavy (non-hydrogen) atoms.